The zero-order valence-electron chi connectivity index (χ0n) is 22.5. The molecule has 1 fully saturated rings. The number of hydrogen-bond donors (Lipinski definition) is 5. The molecule has 9 nitrogen and oxygen atoms in total. The number of nitrogens with one attached hydrogen (secondary N) is 1. The van der Waals surface area contributed by atoms with Gasteiger partial charge in [0.25, 0.3) is 5.91 Å². The van der Waals surface area contributed by atoms with E-state index in [2.05, 4.69) is 5.32 Å². The number of phenolic OH excluding ortho intramolecular Hbond substituents is 2. The first-order valence-electron chi connectivity index (χ1n) is 13.1. The van der Waals surface area contributed by atoms with E-state index >= 15 is 0 Å². The van der Waals surface area contributed by atoms with E-state index in [0.717, 1.165) is 11.1 Å². The molecule has 0 aliphatic carbocycles. The standard InChI is InChI=1S/C30H35N3O6S/c1-19-24(12-7-13-26(19)35)29(38)31-25(15-21-8-4-3-5-9-21)28(37)30(39)32-17-27(36)33(20(2)40-18-32)16-22-10-6-11-23(34)14-22/h3-14,20,25,28-29,31,34-35,37-38H,15-18H2,1-2H3/t20?,25-,28-,29?/m0/s1. The maximum atomic E-state index is 13.6. The Morgan fingerprint density at radius 3 is 2.45 bits per heavy atom. The lowest BCUT2D eigenvalue weighted by molar-refractivity contribution is -0.146. The van der Waals surface area contributed by atoms with Crippen molar-refractivity contribution in [2.45, 2.75) is 50.6 Å². The molecule has 1 saturated heterocycles. The highest BCUT2D eigenvalue weighted by atomic mass is 32.2. The monoisotopic (exact) mass is 565 g/mol. The molecule has 1 heterocycles. The molecule has 0 radical (unpaired) electrons. The molecule has 4 rings (SSSR count). The second-order valence-corrected chi connectivity index (χ2v) is 11.2. The Hall–Kier alpha value is -3.57. The quantitative estimate of drug-likeness (QED) is 0.250. The van der Waals surface area contributed by atoms with Gasteiger partial charge in [-0.05, 0) is 55.2 Å². The number of aliphatic hydroxyl groups is 2. The molecule has 10 heteroatoms. The third kappa shape index (κ3) is 7.14. The van der Waals surface area contributed by atoms with Gasteiger partial charge in [-0.1, -0.05) is 54.6 Å². The molecular formula is C30H35N3O6S. The molecule has 40 heavy (non-hydrogen) atoms. The lowest BCUT2D eigenvalue weighted by Gasteiger charge is -2.30. The van der Waals surface area contributed by atoms with Gasteiger partial charge in [0.1, 0.15) is 30.4 Å². The van der Waals surface area contributed by atoms with Crippen molar-refractivity contribution in [2.24, 2.45) is 0 Å². The second kappa shape index (κ2) is 13.2. The minimum absolute atomic E-state index is 0.0269. The molecule has 2 amide bonds. The molecule has 212 valence electrons. The van der Waals surface area contributed by atoms with Crippen molar-refractivity contribution >= 4 is 23.6 Å². The first kappa shape index (κ1) is 29.4. The van der Waals surface area contributed by atoms with Gasteiger partial charge in [-0.15, -0.1) is 11.8 Å². The van der Waals surface area contributed by atoms with Crippen LogP contribution in [-0.2, 0) is 22.6 Å². The summed E-state index contributed by atoms with van der Waals surface area (Å²) in [4.78, 5) is 29.8. The van der Waals surface area contributed by atoms with Crippen LogP contribution in [0.2, 0.25) is 0 Å². The molecule has 3 aromatic carbocycles. The summed E-state index contributed by atoms with van der Waals surface area (Å²) in [5.74, 6) is -0.560. The van der Waals surface area contributed by atoms with E-state index in [9.17, 15) is 30.0 Å². The predicted molar refractivity (Wildman–Crippen MR) is 153 cm³/mol. The number of carbonyl (C=O) groups is 2. The maximum Gasteiger partial charge on any atom is 0.254 e. The Balaban J connectivity index is 1.51. The van der Waals surface area contributed by atoms with Gasteiger partial charge in [-0.2, -0.15) is 0 Å². The Kier molecular flexibility index (Phi) is 9.70. The largest absolute Gasteiger partial charge is 0.508 e. The Morgan fingerprint density at radius 1 is 1.02 bits per heavy atom. The fraction of sp³-hybridized carbons (Fsp3) is 0.333. The van der Waals surface area contributed by atoms with Crippen LogP contribution in [0.5, 0.6) is 11.5 Å². The van der Waals surface area contributed by atoms with Crippen molar-refractivity contribution in [1.29, 1.82) is 0 Å². The van der Waals surface area contributed by atoms with Crippen LogP contribution in [0.25, 0.3) is 0 Å². The van der Waals surface area contributed by atoms with Crippen LogP contribution >= 0.6 is 11.8 Å². The van der Waals surface area contributed by atoms with Gasteiger partial charge < -0.3 is 30.2 Å². The van der Waals surface area contributed by atoms with Crippen LogP contribution < -0.4 is 5.32 Å². The number of aliphatic hydroxyl groups excluding tert-OH is 2. The molecule has 3 aromatic rings. The maximum absolute atomic E-state index is 13.6. The Bertz CT molecular complexity index is 1320. The summed E-state index contributed by atoms with van der Waals surface area (Å²) >= 11 is 1.40. The first-order chi connectivity index (χ1) is 19.1. The van der Waals surface area contributed by atoms with Gasteiger partial charge in [0, 0.05) is 18.2 Å². The first-order valence-corrected chi connectivity index (χ1v) is 14.1. The minimum Gasteiger partial charge on any atom is -0.508 e. The van der Waals surface area contributed by atoms with Gasteiger partial charge >= 0.3 is 0 Å². The lowest BCUT2D eigenvalue weighted by atomic mass is 9.98. The van der Waals surface area contributed by atoms with Crippen LogP contribution in [0.4, 0.5) is 0 Å². The van der Waals surface area contributed by atoms with Crippen molar-refractivity contribution in [3.8, 4) is 11.5 Å². The molecule has 0 saturated carbocycles. The van der Waals surface area contributed by atoms with Crippen molar-refractivity contribution in [2.75, 3.05) is 12.4 Å². The molecule has 1 aliphatic heterocycles. The normalized spacial score (nSPS) is 18.2. The Morgan fingerprint density at radius 2 is 1.73 bits per heavy atom. The summed E-state index contributed by atoms with van der Waals surface area (Å²) in [6, 6.07) is 19.9. The van der Waals surface area contributed by atoms with E-state index in [0.29, 0.717) is 11.1 Å². The van der Waals surface area contributed by atoms with E-state index in [1.165, 1.54) is 22.7 Å². The third-order valence-corrected chi connectivity index (χ3v) is 8.28. The highest BCUT2D eigenvalue weighted by Gasteiger charge is 2.36. The number of carbonyl (C=O) groups excluding carboxylic acids is 2. The molecule has 0 bridgehead atoms. The summed E-state index contributed by atoms with van der Waals surface area (Å²) in [7, 11) is 0. The van der Waals surface area contributed by atoms with E-state index in [1.807, 2.05) is 43.3 Å². The smallest absolute Gasteiger partial charge is 0.254 e. The molecular weight excluding hydrogens is 530 g/mol. The zero-order valence-corrected chi connectivity index (χ0v) is 23.3. The number of amides is 2. The molecule has 1 aliphatic rings. The van der Waals surface area contributed by atoms with Crippen molar-refractivity contribution in [3.63, 3.8) is 0 Å². The lowest BCUT2D eigenvalue weighted by Crippen LogP contribution is -2.53. The number of rotatable bonds is 9. The summed E-state index contributed by atoms with van der Waals surface area (Å²) in [5, 5.41) is 44.9. The van der Waals surface area contributed by atoms with Crippen LogP contribution in [-0.4, -0.2) is 72.0 Å². The summed E-state index contributed by atoms with van der Waals surface area (Å²) in [6.45, 7) is 3.62. The van der Waals surface area contributed by atoms with E-state index < -0.39 is 24.3 Å². The average molecular weight is 566 g/mol. The fourth-order valence-corrected chi connectivity index (χ4v) is 5.70. The zero-order chi connectivity index (χ0) is 28.8. The van der Waals surface area contributed by atoms with Gasteiger partial charge in [0.05, 0.1) is 11.3 Å². The van der Waals surface area contributed by atoms with Crippen LogP contribution in [0.15, 0.2) is 72.8 Å². The predicted octanol–water partition coefficient (Wildman–Crippen LogP) is 2.87. The molecule has 5 N–H and O–H groups in total. The summed E-state index contributed by atoms with van der Waals surface area (Å²) < 4.78 is 0. The van der Waals surface area contributed by atoms with Crippen LogP contribution in [0, 0.1) is 6.92 Å². The number of hydrogen-bond acceptors (Lipinski definition) is 8. The van der Waals surface area contributed by atoms with Gasteiger partial charge in [-0.25, -0.2) is 0 Å². The Labute approximate surface area is 238 Å². The molecule has 4 atom stereocenters. The molecule has 0 aromatic heterocycles. The van der Waals surface area contributed by atoms with E-state index in [4.69, 9.17) is 0 Å². The van der Waals surface area contributed by atoms with Crippen LogP contribution in [0.3, 0.4) is 0 Å². The number of thioether (sulfide) groups is 1. The van der Waals surface area contributed by atoms with E-state index in [-0.39, 0.29) is 48.2 Å². The topological polar surface area (TPSA) is 134 Å². The number of aromatic hydroxyl groups is 2. The SMILES string of the molecule is Cc1c(O)cccc1C(O)N[C@@H](Cc1ccccc1)[C@H](O)C(=O)N1CSC(C)N(Cc2cccc(O)c2)C(=O)C1. The molecule has 0 spiro atoms. The highest BCUT2D eigenvalue weighted by Crippen LogP contribution is 2.27. The highest BCUT2D eigenvalue weighted by molar-refractivity contribution is 7.99. The van der Waals surface area contributed by atoms with Crippen LogP contribution in [0.1, 0.15) is 35.4 Å². The van der Waals surface area contributed by atoms with Gasteiger partial charge in [-0.3, -0.25) is 14.9 Å². The molecule has 2 unspecified atom stereocenters. The third-order valence-electron chi connectivity index (χ3n) is 7.08. The van der Waals surface area contributed by atoms with Crippen molar-refractivity contribution in [1.82, 2.24) is 15.1 Å². The van der Waals surface area contributed by atoms with Crippen molar-refractivity contribution < 1.29 is 30.0 Å². The van der Waals surface area contributed by atoms with Crippen molar-refractivity contribution in [3.05, 3.63) is 95.1 Å². The fourth-order valence-electron chi connectivity index (χ4n) is 4.72. The minimum atomic E-state index is -1.56. The van der Waals surface area contributed by atoms with Gasteiger partial charge in [0.2, 0.25) is 5.91 Å². The number of nitrogens with zero attached hydrogens (tertiary/aromatic N) is 2. The number of benzene rings is 3. The summed E-state index contributed by atoms with van der Waals surface area (Å²) in [5.41, 5.74) is 2.52. The van der Waals surface area contributed by atoms with E-state index in [1.54, 1.807) is 42.2 Å². The summed E-state index contributed by atoms with van der Waals surface area (Å²) in [6.07, 6.45) is -2.59. The van der Waals surface area contributed by atoms with Gasteiger partial charge in [0.15, 0.2) is 0 Å². The number of phenols is 2. The average Bonchev–Trinajstić information content (AvgIpc) is 3.07. The second-order valence-electron chi connectivity index (χ2n) is 9.92.